The maximum Gasteiger partial charge on any atom is 0.139 e. The summed E-state index contributed by atoms with van der Waals surface area (Å²) in [6, 6.07) is 1.91. The van der Waals surface area contributed by atoms with Crippen molar-refractivity contribution in [2.75, 3.05) is 7.11 Å². The van der Waals surface area contributed by atoms with Crippen LogP contribution in [0.4, 0.5) is 0 Å². The summed E-state index contributed by atoms with van der Waals surface area (Å²) in [6.07, 6.45) is 1.86. The van der Waals surface area contributed by atoms with Crippen LogP contribution in [0.15, 0.2) is 10.5 Å². The molecule has 3 N–H and O–H groups in total. The Hall–Kier alpha value is -0.740. The van der Waals surface area contributed by atoms with Gasteiger partial charge >= 0.3 is 0 Å². The van der Waals surface area contributed by atoms with E-state index in [0.717, 1.165) is 24.0 Å². The highest BCUT2D eigenvalue weighted by Gasteiger charge is 2.43. The van der Waals surface area contributed by atoms with Crippen LogP contribution in [0.25, 0.3) is 0 Å². The highest BCUT2D eigenvalue weighted by molar-refractivity contribution is 9.10. The van der Waals surface area contributed by atoms with Gasteiger partial charge in [-0.15, -0.1) is 0 Å². The van der Waals surface area contributed by atoms with E-state index in [1.54, 1.807) is 7.11 Å². The van der Waals surface area contributed by atoms with Crippen LogP contribution in [0.5, 0.6) is 11.5 Å². The zero-order valence-electron chi connectivity index (χ0n) is 8.80. The van der Waals surface area contributed by atoms with Crippen LogP contribution in [0.3, 0.4) is 0 Å². The van der Waals surface area contributed by atoms with Gasteiger partial charge in [0, 0.05) is 11.1 Å². The lowest BCUT2D eigenvalue weighted by molar-refractivity contribution is 0.397. The van der Waals surface area contributed by atoms with E-state index in [4.69, 9.17) is 10.5 Å². The molecule has 0 spiro atoms. The molecular weight excluding hydrogens is 258 g/mol. The fraction of sp³-hybridized carbons (Fsp3) is 0.455. The van der Waals surface area contributed by atoms with Crippen LogP contribution in [-0.2, 0) is 5.54 Å². The van der Waals surface area contributed by atoms with Crippen molar-refractivity contribution in [3.05, 3.63) is 21.7 Å². The van der Waals surface area contributed by atoms with Gasteiger partial charge in [0.25, 0.3) is 0 Å². The van der Waals surface area contributed by atoms with Gasteiger partial charge in [-0.3, -0.25) is 0 Å². The molecule has 0 amide bonds. The van der Waals surface area contributed by atoms with E-state index in [-0.39, 0.29) is 11.3 Å². The monoisotopic (exact) mass is 271 g/mol. The molecule has 1 aliphatic rings. The summed E-state index contributed by atoms with van der Waals surface area (Å²) in [4.78, 5) is 0. The van der Waals surface area contributed by atoms with Crippen LogP contribution in [0.1, 0.15) is 24.0 Å². The molecule has 1 aromatic carbocycles. The average molecular weight is 272 g/mol. The molecule has 0 atom stereocenters. The van der Waals surface area contributed by atoms with Crippen molar-refractivity contribution in [2.45, 2.75) is 25.3 Å². The summed E-state index contributed by atoms with van der Waals surface area (Å²) >= 11 is 3.33. The summed E-state index contributed by atoms with van der Waals surface area (Å²) in [6.45, 7) is 1.94. The molecule has 0 unspecified atom stereocenters. The minimum Gasteiger partial charge on any atom is -0.506 e. The van der Waals surface area contributed by atoms with Crippen LogP contribution in [-0.4, -0.2) is 12.2 Å². The Morgan fingerprint density at radius 3 is 2.60 bits per heavy atom. The molecule has 0 aromatic heterocycles. The van der Waals surface area contributed by atoms with E-state index in [1.165, 1.54) is 0 Å². The van der Waals surface area contributed by atoms with Crippen molar-refractivity contribution in [1.29, 1.82) is 0 Å². The largest absolute Gasteiger partial charge is 0.506 e. The maximum absolute atomic E-state index is 10.0. The fourth-order valence-electron chi connectivity index (χ4n) is 1.78. The minimum atomic E-state index is -0.330. The van der Waals surface area contributed by atoms with Crippen LogP contribution in [0.2, 0.25) is 0 Å². The number of ether oxygens (including phenoxy) is 1. The second-order valence-electron chi connectivity index (χ2n) is 4.09. The summed E-state index contributed by atoms with van der Waals surface area (Å²) < 4.78 is 5.79. The smallest absolute Gasteiger partial charge is 0.139 e. The molecule has 2 rings (SSSR count). The van der Waals surface area contributed by atoms with Gasteiger partial charge in [0.15, 0.2) is 0 Å². The van der Waals surface area contributed by atoms with E-state index in [1.807, 2.05) is 13.0 Å². The quantitative estimate of drug-likeness (QED) is 0.869. The van der Waals surface area contributed by atoms with Crippen molar-refractivity contribution in [2.24, 2.45) is 5.73 Å². The van der Waals surface area contributed by atoms with Gasteiger partial charge in [-0.25, -0.2) is 0 Å². The first-order chi connectivity index (χ1) is 6.99. The van der Waals surface area contributed by atoms with Crippen molar-refractivity contribution in [3.8, 4) is 11.5 Å². The molecule has 0 aliphatic heterocycles. The molecule has 0 bridgehead atoms. The minimum absolute atomic E-state index is 0.206. The molecule has 1 saturated carbocycles. The maximum atomic E-state index is 10.0. The third-order valence-corrected chi connectivity index (χ3v) is 3.65. The first-order valence-corrected chi connectivity index (χ1v) is 5.64. The zero-order valence-corrected chi connectivity index (χ0v) is 10.4. The lowest BCUT2D eigenvalue weighted by Gasteiger charge is -2.16. The Labute approximate surface area is 97.4 Å². The number of halogens is 1. The number of hydrogen-bond acceptors (Lipinski definition) is 3. The zero-order chi connectivity index (χ0) is 11.2. The normalized spacial score (nSPS) is 17.6. The first-order valence-electron chi connectivity index (χ1n) is 4.85. The molecule has 3 nitrogen and oxygen atoms in total. The molecule has 82 valence electrons. The Morgan fingerprint density at radius 2 is 2.13 bits per heavy atom. The second-order valence-corrected chi connectivity index (χ2v) is 4.89. The number of aromatic hydroxyl groups is 1. The van der Waals surface area contributed by atoms with Gasteiger partial charge in [0.05, 0.1) is 7.11 Å². The summed E-state index contributed by atoms with van der Waals surface area (Å²) in [5.41, 5.74) is 7.54. The van der Waals surface area contributed by atoms with Crippen molar-refractivity contribution in [3.63, 3.8) is 0 Å². The Balaban J connectivity index is 2.59. The third kappa shape index (κ3) is 1.62. The van der Waals surface area contributed by atoms with Crippen LogP contribution >= 0.6 is 15.9 Å². The number of phenolic OH excluding ortho intramolecular Hbond substituents is 1. The average Bonchev–Trinajstić information content (AvgIpc) is 2.92. The highest BCUT2D eigenvalue weighted by Crippen LogP contribution is 2.50. The van der Waals surface area contributed by atoms with Gasteiger partial charge < -0.3 is 15.6 Å². The molecule has 1 fully saturated rings. The van der Waals surface area contributed by atoms with E-state index >= 15 is 0 Å². The van der Waals surface area contributed by atoms with Crippen molar-refractivity contribution < 1.29 is 9.84 Å². The third-order valence-electron chi connectivity index (χ3n) is 2.91. The highest BCUT2D eigenvalue weighted by atomic mass is 79.9. The SMILES string of the molecule is COc1c(C)cc(C2(N)CC2)c(O)c1Br. The molecule has 0 heterocycles. The number of benzene rings is 1. The number of aryl methyl sites for hydroxylation is 1. The fourth-order valence-corrected chi connectivity index (χ4v) is 2.47. The first kappa shape index (κ1) is 10.8. The number of hydrogen-bond donors (Lipinski definition) is 2. The van der Waals surface area contributed by atoms with Crippen LogP contribution < -0.4 is 10.5 Å². The molecule has 0 saturated heterocycles. The molecule has 4 heteroatoms. The van der Waals surface area contributed by atoms with E-state index < -0.39 is 0 Å². The predicted octanol–water partition coefficient (Wildman–Crippen LogP) is 2.42. The van der Waals surface area contributed by atoms with Gasteiger partial charge in [-0.1, -0.05) is 0 Å². The summed E-state index contributed by atoms with van der Waals surface area (Å²) in [7, 11) is 1.58. The standard InChI is InChI=1S/C11H14BrNO2/c1-6-5-7(11(13)3-4-11)9(14)8(12)10(6)15-2/h5,14H,3-4,13H2,1-2H3. The number of rotatable bonds is 2. The van der Waals surface area contributed by atoms with Crippen molar-refractivity contribution in [1.82, 2.24) is 0 Å². The number of methoxy groups -OCH3 is 1. The van der Waals surface area contributed by atoms with Gasteiger partial charge in [-0.05, 0) is 47.3 Å². The molecule has 1 aromatic rings. The Bertz CT molecular complexity index is 414. The van der Waals surface area contributed by atoms with E-state index in [9.17, 15) is 5.11 Å². The summed E-state index contributed by atoms with van der Waals surface area (Å²) in [5, 5.41) is 10.0. The number of phenols is 1. The molecular formula is C11H14BrNO2. The molecule has 15 heavy (non-hydrogen) atoms. The second kappa shape index (κ2) is 3.39. The van der Waals surface area contributed by atoms with Crippen molar-refractivity contribution >= 4 is 15.9 Å². The summed E-state index contributed by atoms with van der Waals surface area (Å²) in [5.74, 6) is 0.873. The predicted molar refractivity (Wildman–Crippen MR) is 62.2 cm³/mol. The molecule has 0 radical (unpaired) electrons. The molecule has 1 aliphatic carbocycles. The Morgan fingerprint density at radius 1 is 1.53 bits per heavy atom. The lowest BCUT2D eigenvalue weighted by atomic mass is 10.0. The Kier molecular flexibility index (Phi) is 2.43. The van der Waals surface area contributed by atoms with Gasteiger partial charge in [0.1, 0.15) is 16.0 Å². The lowest BCUT2D eigenvalue weighted by Crippen LogP contribution is -2.19. The van der Waals surface area contributed by atoms with Crippen LogP contribution in [0, 0.1) is 6.92 Å². The van der Waals surface area contributed by atoms with E-state index in [2.05, 4.69) is 15.9 Å². The van der Waals surface area contributed by atoms with Gasteiger partial charge in [0.2, 0.25) is 0 Å². The topological polar surface area (TPSA) is 55.5 Å². The van der Waals surface area contributed by atoms with Gasteiger partial charge in [-0.2, -0.15) is 0 Å². The van der Waals surface area contributed by atoms with E-state index in [0.29, 0.717) is 10.2 Å². The number of nitrogens with two attached hydrogens (primary N) is 1.